The van der Waals surface area contributed by atoms with Crippen molar-refractivity contribution >= 4 is 17.3 Å². The molecule has 0 saturated heterocycles. The monoisotopic (exact) mass is 412 g/mol. The van der Waals surface area contributed by atoms with Crippen LogP contribution in [0.3, 0.4) is 0 Å². The second-order valence-electron chi connectivity index (χ2n) is 7.89. The van der Waals surface area contributed by atoms with Gasteiger partial charge in [0.2, 0.25) is 5.82 Å². The first kappa shape index (κ1) is 21.2. The van der Waals surface area contributed by atoms with Gasteiger partial charge in [-0.15, -0.1) is 11.3 Å². The summed E-state index contributed by atoms with van der Waals surface area (Å²) >= 11 is 1.69. The van der Waals surface area contributed by atoms with Gasteiger partial charge in [0.15, 0.2) is 0 Å². The van der Waals surface area contributed by atoms with E-state index in [1.807, 2.05) is 13.0 Å². The minimum absolute atomic E-state index is 0.135. The lowest BCUT2D eigenvalue weighted by Gasteiger charge is -2.12. The Hall–Kier alpha value is -2.47. The largest absolute Gasteiger partial charge is 0.481 e. The fourth-order valence-electron chi connectivity index (χ4n) is 3.63. The summed E-state index contributed by atoms with van der Waals surface area (Å²) in [6.45, 7) is 10.7. The maximum atomic E-state index is 11.0. The maximum Gasteiger partial charge on any atom is 0.303 e. The van der Waals surface area contributed by atoms with Crippen molar-refractivity contribution in [2.75, 3.05) is 0 Å². The number of carbonyl (C=O) groups is 1. The third-order valence-electron chi connectivity index (χ3n) is 5.08. The van der Waals surface area contributed by atoms with Crippen molar-refractivity contribution in [3.63, 3.8) is 0 Å². The molecule has 0 fully saturated rings. The van der Waals surface area contributed by atoms with Gasteiger partial charge < -0.3 is 9.63 Å². The van der Waals surface area contributed by atoms with Gasteiger partial charge in [0.25, 0.3) is 5.89 Å². The summed E-state index contributed by atoms with van der Waals surface area (Å²) in [7, 11) is 0. The van der Waals surface area contributed by atoms with Crippen LogP contribution in [-0.4, -0.2) is 21.2 Å². The lowest BCUT2D eigenvalue weighted by atomic mass is 9.93. The molecule has 0 bridgehead atoms. The SMILES string of the molecule is CCc1cc(-c2noc(-c3cc(CC(C)C)c(C)s3)n2)cc(C)c1CCC(=O)O. The van der Waals surface area contributed by atoms with Crippen LogP contribution in [0.25, 0.3) is 22.2 Å². The number of carboxylic acid groups (broad SMARTS) is 1. The third-order valence-corrected chi connectivity index (χ3v) is 6.16. The van der Waals surface area contributed by atoms with Gasteiger partial charge in [-0.3, -0.25) is 4.79 Å². The Labute approximate surface area is 175 Å². The van der Waals surface area contributed by atoms with Crippen molar-refractivity contribution in [3.05, 3.63) is 45.3 Å². The van der Waals surface area contributed by atoms with Gasteiger partial charge in [0.05, 0.1) is 4.88 Å². The number of aliphatic carboxylic acids is 1. The highest BCUT2D eigenvalue weighted by molar-refractivity contribution is 7.15. The van der Waals surface area contributed by atoms with E-state index in [1.54, 1.807) is 11.3 Å². The van der Waals surface area contributed by atoms with Gasteiger partial charge in [-0.05, 0) is 79.5 Å². The molecule has 0 atom stereocenters. The molecule has 0 amide bonds. The minimum atomic E-state index is -0.776. The Morgan fingerprint density at radius 3 is 2.62 bits per heavy atom. The maximum absolute atomic E-state index is 11.0. The molecule has 0 aliphatic heterocycles. The number of rotatable bonds is 8. The number of hydrogen-bond donors (Lipinski definition) is 1. The van der Waals surface area contributed by atoms with E-state index in [1.165, 1.54) is 10.4 Å². The molecule has 1 aromatic carbocycles. The Morgan fingerprint density at radius 1 is 1.21 bits per heavy atom. The molecule has 0 saturated carbocycles. The summed E-state index contributed by atoms with van der Waals surface area (Å²) < 4.78 is 5.57. The highest BCUT2D eigenvalue weighted by atomic mass is 32.1. The molecule has 3 rings (SSSR count). The van der Waals surface area contributed by atoms with Gasteiger partial charge in [-0.25, -0.2) is 0 Å². The molecule has 0 aliphatic carbocycles. The first-order valence-corrected chi connectivity index (χ1v) is 10.9. The van der Waals surface area contributed by atoms with Crippen molar-refractivity contribution in [2.24, 2.45) is 5.92 Å². The topological polar surface area (TPSA) is 76.2 Å². The van der Waals surface area contributed by atoms with Crippen LogP contribution in [0.4, 0.5) is 0 Å². The molecule has 0 aliphatic rings. The summed E-state index contributed by atoms with van der Waals surface area (Å²) in [5.74, 6) is 0.943. The first-order valence-electron chi connectivity index (χ1n) is 10.1. The van der Waals surface area contributed by atoms with Crippen LogP contribution in [0.2, 0.25) is 0 Å². The minimum Gasteiger partial charge on any atom is -0.481 e. The number of thiophene rings is 1. The Morgan fingerprint density at radius 2 is 1.97 bits per heavy atom. The van der Waals surface area contributed by atoms with Gasteiger partial charge in [0.1, 0.15) is 0 Å². The molecule has 0 unspecified atom stereocenters. The molecule has 5 nitrogen and oxygen atoms in total. The Kier molecular flexibility index (Phi) is 6.52. The van der Waals surface area contributed by atoms with Crippen LogP contribution in [0.5, 0.6) is 0 Å². The molecule has 0 spiro atoms. The lowest BCUT2D eigenvalue weighted by molar-refractivity contribution is -0.136. The second-order valence-corrected chi connectivity index (χ2v) is 9.15. The number of aryl methyl sites for hydroxylation is 3. The lowest BCUT2D eigenvalue weighted by Crippen LogP contribution is -2.03. The summed E-state index contributed by atoms with van der Waals surface area (Å²) in [4.78, 5) is 17.9. The van der Waals surface area contributed by atoms with E-state index in [0.717, 1.165) is 40.0 Å². The number of hydrogen-bond acceptors (Lipinski definition) is 5. The summed E-state index contributed by atoms with van der Waals surface area (Å²) in [6, 6.07) is 6.24. The predicted octanol–water partition coefficient (Wildman–Crippen LogP) is 5.86. The average molecular weight is 413 g/mol. The van der Waals surface area contributed by atoms with Crippen molar-refractivity contribution in [1.82, 2.24) is 10.1 Å². The predicted molar refractivity (Wildman–Crippen MR) is 116 cm³/mol. The van der Waals surface area contributed by atoms with Gasteiger partial charge in [0, 0.05) is 16.9 Å². The molecule has 6 heteroatoms. The number of benzene rings is 1. The molecule has 0 radical (unpaired) electrons. The van der Waals surface area contributed by atoms with Crippen LogP contribution in [0, 0.1) is 19.8 Å². The third kappa shape index (κ3) is 4.93. The summed E-state index contributed by atoms with van der Waals surface area (Å²) in [5.41, 5.74) is 5.56. The van der Waals surface area contributed by atoms with Crippen LogP contribution in [0.15, 0.2) is 22.7 Å². The highest BCUT2D eigenvalue weighted by Crippen LogP contribution is 2.33. The molecule has 2 heterocycles. The Bertz CT molecular complexity index is 1020. The smallest absolute Gasteiger partial charge is 0.303 e. The van der Waals surface area contributed by atoms with Crippen molar-refractivity contribution < 1.29 is 14.4 Å². The zero-order valence-electron chi connectivity index (χ0n) is 17.7. The second kappa shape index (κ2) is 8.91. The molecular weight excluding hydrogens is 384 g/mol. The summed E-state index contributed by atoms with van der Waals surface area (Å²) in [5, 5.41) is 13.2. The van der Waals surface area contributed by atoms with E-state index in [0.29, 0.717) is 24.1 Å². The number of nitrogens with zero attached hydrogens (tertiary/aromatic N) is 2. The van der Waals surface area contributed by atoms with Crippen LogP contribution in [0.1, 0.15) is 54.3 Å². The van der Waals surface area contributed by atoms with Gasteiger partial charge >= 0.3 is 5.97 Å². The fraction of sp³-hybridized carbons (Fsp3) is 0.435. The van der Waals surface area contributed by atoms with E-state index in [4.69, 9.17) is 9.63 Å². The van der Waals surface area contributed by atoms with Crippen molar-refractivity contribution in [1.29, 1.82) is 0 Å². The fourth-order valence-corrected chi connectivity index (χ4v) is 4.61. The van der Waals surface area contributed by atoms with Crippen LogP contribution in [-0.2, 0) is 24.1 Å². The van der Waals surface area contributed by atoms with Crippen molar-refractivity contribution in [2.45, 2.75) is 60.3 Å². The van der Waals surface area contributed by atoms with Crippen molar-refractivity contribution in [3.8, 4) is 22.2 Å². The number of aromatic nitrogens is 2. The standard InChI is InChI=1S/C23H28N2O3S/c1-6-16-11-18(10-14(4)19(16)7-8-21(26)27)22-24-23(28-25-22)20-12-17(9-13(2)3)15(5)29-20/h10-13H,6-9H2,1-5H3,(H,26,27). The number of carboxylic acids is 1. The normalized spacial score (nSPS) is 11.4. The highest BCUT2D eigenvalue weighted by Gasteiger charge is 2.17. The van der Waals surface area contributed by atoms with E-state index >= 15 is 0 Å². The first-order chi connectivity index (χ1) is 13.8. The molecular formula is C23H28N2O3S. The quantitative estimate of drug-likeness (QED) is 0.501. The molecule has 154 valence electrons. The Balaban J connectivity index is 1.90. The molecule has 1 N–H and O–H groups in total. The molecule has 29 heavy (non-hydrogen) atoms. The van der Waals surface area contributed by atoms with E-state index in [-0.39, 0.29) is 6.42 Å². The zero-order valence-corrected chi connectivity index (χ0v) is 18.5. The summed E-state index contributed by atoms with van der Waals surface area (Å²) in [6.07, 6.45) is 2.54. The molecule has 2 aromatic heterocycles. The van der Waals surface area contributed by atoms with E-state index in [2.05, 4.69) is 50.0 Å². The van der Waals surface area contributed by atoms with E-state index < -0.39 is 5.97 Å². The zero-order chi connectivity index (χ0) is 21.1. The van der Waals surface area contributed by atoms with Gasteiger partial charge in [-0.1, -0.05) is 25.9 Å². The van der Waals surface area contributed by atoms with Crippen LogP contribution >= 0.6 is 11.3 Å². The van der Waals surface area contributed by atoms with E-state index in [9.17, 15) is 4.79 Å². The molecule has 3 aromatic rings. The van der Waals surface area contributed by atoms with Gasteiger partial charge in [-0.2, -0.15) is 4.98 Å². The average Bonchev–Trinajstić information content (AvgIpc) is 3.27. The van der Waals surface area contributed by atoms with Crippen LogP contribution < -0.4 is 0 Å².